The normalized spacial score (nSPS) is 24.7. The summed E-state index contributed by atoms with van der Waals surface area (Å²) in [5.74, 6) is -3.83. The Balaban J connectivity index is 2.59. The molecule has 2 heterocycles. The number of aromatic nitrogens is 3. The molecule has 1 saturated heterocycles. The molecule has 0 N–H and O–H groups in total. The number of esters is 5. The van der Waals surface area contributed by atoms with Crippen molar-refractivity contribution < 1.29 is 52.4 Å². The highest BCUT2D eigenvalue weighted by Gasteiger charge is 2.53. The lowest BCUT2D eigenvalue weighted by Gasteiger charge is -2.44. The quantitative estimate of drug-likeness (QED) is 0.373. The lowest BCUT2D eigenvalue weighted by atomic mass is 9.97. The molecule has 14 heteroatoms. The van der Waals surface area contributed by atoms with Crippen LogP contribution >= 0.6 is 0 Å². The van der Waals surface area contributed by atoms with Gasteiger partial charge in [-0.3, -0.25) is 19.2 Å². The Hall–Kier alpha value is -3.55. The standard InChI is InChI=1S/C18H23N3O11/c1-8(22)28-7-13-14(29-9(2)23)15(30-10(3)24)16(31-11(4)25)17(32-13)21-12(6-19-20-21)18(26)27-5/h6,13-17H,7H2,1-5H3/t13-,14-,15+,16-,17-/m1/s1. The van der Waals surface area contributed by atoms with Crippen molar-refractivity contribution in [3.8, 4) is 0 Å². The highest BCUT2D eigenvalue weighted by molar-refractivity contribution is 5.87. The van der Waals surface area contributed by atoms with E-state index in [1.54, 1.807) is 0 Å². The van der Waals surface area contributed by atoms with E-state index in [-0.39, 0.29) is 5.69 Å². The van der Waals surface area contributed by atoms with Crippen LogP contribution in [-0.4, -0.2) is 83.0 Å². The summed E-state index contributed by atoms with van der Waals surface area (Å²) in [6.07, 6.45) is -5.68. The lowest BCUT2D eigenvalue weighted by molar-refractivity contribution is -0.270. The zero-order valence-corrected chi connectivity index (χ0v) is 18.0. The van der Waals surface area contributed by atoms with Gasteiger partial charge in [0.25, 0.3) is 0 Å². The van der Waals surface area contributed by atoms with Crippen LogP contribution in [0.15, 0.2) is 6.20 Å². The van der Waals surface area contributed by atoms with Crippen LogP contribution < -0.4 is 0 Å². The van der Waals surface area contributed by atoms with Crippen molar-refractivity contribution in [2.24, 2.45) is 0 Å². The van der Waals surface area contributed by atoms with Gasteiger partial charge in [0, 0.05) is 27.7 Å². The maximum Gasteiger partial charge on any atom is 0.358 e. The van der Waals surface area contributed by atoms with E-state index in [1.807, 2.05) is 0 Å². The highest BCUT2D eigenvalue weighted by atomic mass is 16.7. The van der Waals surface area contributed by atoms with Gasteiger partial charge in [-0.25, -0.2) is 9.48 Å². The largest absolute Gasteiger partial charge is 0.464 e. The molecule has 1 fully saturated rings. The second-order valence-electron chi connectivity index (χ2n) is 6.65. The molecule has 0 aromatic carbocycles. The van der Waals surface area contributed by atoms with Crippen LogP contribution in [0.25, 0.3) is 0 Å². The summed E-state index contributed by atoms with van der Waals surface area (Å²) < 4.78 is 32.4. The van der Waals surface area contributed by atoms with Crippen molar-refractivity contribution in [3.63, 3.8) is 0 Å². The maximum absolute atomic E-state index is 12.1. The fourth-order valence-corrected chi connectivity index (χ4v) is 3.08. The number of hydrogen-bond acceptors (Lipinski definition) is 13. The summed E-state index contributed by atoms with van der Waals surface area (Å²) in [6, 6.07) is 0. The van der Waals surface area contributed by atoms with Crippen LogP contribution in [0.2, 0.25) is 0 Å². The Morgan fingerprint density at radius 3 is 2.00 bits per heavy atom. The van der Waals surface area contributed by atoms with Crippen LogP contribution in [0.1, 0.15) is 44.4 Å². The van der Waals surface area contributed by atoms with E-state index in [1.165, 1.54) is 0 Å². The number of nitrogens with zero attached hydrogens (tertiary/aromatic N) is 3. The van der Waals surface area contributed by atoms with Gasteiger partial charge < -0.3 is 28.4 Å². The Kier molecular flexibility index (Phi) is 8.23. The van der Waals surface area contributed by atoms with Gasteiger partial charge in [-0.2, -0.15) is 0 Å². The molecule has 0 unspecified atom stereocenters. The van der Waals surface area contributed by atoms with E-state index in [0.29, 0.717) is 0 Å². The fraction of sp³-hybridized carbons (Fsp3) is 0.611. The zero-order chi connectivity index (χ0) is 24.0. The molecule has 0 aliphatic carbocycles. The van der Waals surface area contributed by atoms with Crippen LogP contribution in [0.3, 0.4) is 0 Å². The molecule has 32 heavy (non-hydrogen) atoms. The molecular formula is C18H23N3O11. The SMILES string of the molecule is COC(=O)c1cnnn1[C@@H]1O[C@H](COC(C)=O)[C@@H](OC(C)=O)[C@H](OC(C)=O)[C@H]1OC(C)=O. The molecule has 0 spiro atoms. The van der Waals surface area contributed by atoms with Crippen molar-refractivity contribution in [2.45, 2.75) is 58.3 Å². The Morgan fingerprint density at radius 1 is 0.906 bits per heavy atom. The van der Waals surface area contributed by atoms with E-state index < -0.39 is 67.1 Å². The summed E-state index contributed by atoms with van der Waals surface area (Å²) in [5.41, 5.74) is -0.173. The topological polar surface area (TPSA) is 171 Å². The number of carbonyl (C=O) groups is 5. The average molecular weight is 457 g/mol. The van der Waals surface area contributed by atoms with Gasteiger partial charge in [0.15, 0.2) is 30.2 Å². The summed E-state index contributed by atoms with van der Waals surface area (Å²) in [4.78, 5) is 58.8. The van der Waals surface area contributed by atoms with Crippen molar-refractivity contribution in [2.75, 3.05) is 13.7 Å². The van der Waals surface area contributed by atoms with Crippen molar-refractivity contribution >= 4 is 29.8 Å². The van der Waals surface area contributed by atoms with E-state index >= 15 is 0 Å². The monoisotopic (exact) mass is 457 g/mol. The first-order valence-corrected chi connectivity index (χ1v) is 9.34. The minimum atomic E-state index is -1.43. The minimum absolute atomic E-state index is 0.173. The number of carbonyl (C=O) groups excluding carboxylic acids is 5. The third-order valence-electron chi connectivity index (χ3n) is 4.18. The second kappa shape index (κ2) is 10.7. The first kappa shape index (κ1) is 24.7. The first-order valence-electron chi connectivity index (χ1n) is 9.34. The molecule has 176 valence electrons. The number of methoxy groups -OCH3 is 1. The smallest absolute Gasteiger partial charge is 0.358 e. The number of rotatable bonds is 7. The molecule has 1 aliphatic heterocycles. The molecule has 1 aromatic rings. The van der Waals surface area contributed by atoms with E-state index in [2.05, 4.69) is 15.0 Å². The van der Waals surface area contributed by atoms with Crippen LogP contribution in [0, 0.1) is 0 Å². The molecule has 1 aromatic heterocycles. The lowest BCUT2D eigenvalue weighted by Crippen LogP contribution is -2.61. The third-order valence-corrected chi connectivity index (χ3v) is 4.18. The summed E-state index contributed by atoms with van der Waals surface area (Å²) in [6.45, 7) is 4.02. The predicted octanol–water partition coefficient (Wildman–Crippen LogP) is -0.680. The number of hydrogen-bond donors (Lipinski definition) is 0. The van der Waals surface area contributed by atoms with E-state index in [4.69, 9.17) is 23.7 Å². The molecule has 1 aliphatic rings. The van der Waals surface area contributed by atoms with Gasteiger partial charge in [-0.1, -0.05) is 5.21 Å². The van der Waals surface area contributed by atoms with Gasteiger partial charge in [0.1, 0.15) is 12.7 Å². The Labute approximate surface area is 182 Å². The van der Waals surface area contributed by atoms with Gasteiger partial charge >= 0.3 is 29.8 Å². The molecule has 0 saturated carbocycles. The molecule has 0 radical (unpaired) electrons. The van der Waals surface area contributed by atoms with E-state index in [9.17, 15) is 24.0 Å². The minimum Gasteiger partial charge on any atom is -0.464 e. The van der Waals surface area contributed by atoms with Crippen molar-refractivity contribution in [1.82, 2.24) is 15.0 Å². The molecule has 5 atom stereocenters. The number of ether oxygens (including phenoxy) is 6. The van der Waals surface area contributed by atoms with Crippen molar-refractivity contribution in [1.29, 1.82) is 0 Å². The summed E-state index contributed by atoms with van der Waals surface area (Å²) in [5, 5.41) is 7.43. The van der Waals surface area contributed by atoms with E-state index in [0.717, 1.165) is 45.7 Å². The molecular weight excluding hydrogens is 434 g/mol. The highest BCUT2D eigenvalue weighted by Crippen LogP contribution is 2.35. The molecule has 2 rings (SSSR count). The average Bonchev–Trinajstić information content (AvgIpc) is 3.17. The van der Waals surface area contributed by atoms with Gasteiger partial charge in [-0.05, 0) is 0 Å². The predicted molar refractivity (Wildman–Crippen MR) is 98.6 cm³/mol. The first-order chi connectivity index (χ1) is 15.0. The van der Waals surface area contributed by atoms with Gasteiger partial charge in [0.05, 0.1) is 13.3 Å². The summed E-state index contributed by atoms with van der Waals surface area (Å²) >= 11 is 0. The fourth-order valence-electron chi connectivity index (χ4n) is 3.08. The van der Waals surface area contributed by atoms with Crippen LogP contribution in [0.4, 0.5) is 0 Å². The third kappa shape index (κ3) is 6.00. The second-order valence-corrected chi connectivity index (χ2v) is 6.65. The van der Waals surface area contributed by atoms with Gasteiger partial charge in [-0.15, -0.1) is 5.10 Å². The molecule has 0 amide bonds. The Morgan fingerprint density at radius 2 is 1.47 bits per heavy atom. The van der Waals surface area contributed by atoms with Gasteiger partial charge in [0.2, 0.25) is 0 Å². The zero-order valence-electron chi connectivity index (χ0n) is 18.0. The molecule has 0 bridgehead atoms. The Bertz CT molecular complexity index is 883. The summed E-state index contributed by atoms with van der Waals surface area (Å²) in [7, 11) is 1.13. The van der Waals surface area contributed by atoms with Crippen LogP contribution in [0.5, 0.6) is 0 Å². The maximum atomic E-state index is 12.1. The van der Waals surface area contributed by atoms with Crippen molar-refractivity contribution in [3.05, 3.63) is 11.9 Å². The molecule has 14 nitrogen and oxygen atoms in total. The van der Waals surface area contributed by atoms with Crippen LogP contribution in [-0.2, 0) is 47.6 Å².